The van der Waals surface area contributed by atoms with Crippen LogP contribution < -0.4 is 11.3 Å². The topological polar surface area (TPSA) is 67.1 Å². The van der Waals surface area contributed by atoms with Gasteiger partial charge < -0.3 is 5.43 Å². The summed E-state index contributed by atoms with van der Waals surface area (Å²) in [6.45, 7) is 1.33. The van der Waals surface area contributed by atoms with Gasteiger partial charge in [-0.15, -0.1) is 5.10 Å². The molecule has 102 valence electrons. The third-order valence-electron chi connectivity index (χ3n) is 3.11. The number of nitrogens with one attached hydrogen (secondary N) is 1. The van der Waals surface area contributed by atoms with Crippen LogP contribution in [0.3, 0.4) is 0 Å². The van der Waals surface area contributed by atoms with Crippen molar-refractivity contribution in [2.75, 3.05) is 18.5 Å². The molecule has 0 aromatic carbocycles. The summed E-state index contributed by atoms with van der Waals surface area (Å²) in [5.41, 5.74) is 3.17. The Morgan fingerprint density at radius 3 is 2.61 bits per heavy atom. The summed E-state index contributed by atoms with van der Waals surface area (Å²) >= 11 is 1.14. The largest absolute Gasteiger partial charge is 0.391 e. The lowest BCUT2D eigenvalue weighted by Crippen LogP contribution is -2.38. The van der Waals surface area contributed by atoms with Crippen LogP contribution >= 0.6 is 11.5 Å². The molecule has 1 aliphatic rings. The minimum Gasteiger partial charge on any atom is -0.313 e. The van der Waals surface area contributed by atoms with Crippen molar-refractivity contribution in [1.29, 1.82) is 0 Å². The van der Waals surface area contributed by atoms with Gasteiger partial charge in [0.25, 0.3) is 0 Å². The van der Waals surface area contributed by atoms with Gasteiger partial charge in [0.2, 0.25) is 0 Å². The average Bonchev–Trinajstić information content (AvgIpc) is 2.76. The lowest BCUT2D eigenvalue weighted by molar-refractivity contribution is -0.185. The van der Waals surface area contributed by atoms with Crippen molar-refractivity contribution >= 4 is 16.5 Å². The highest BCUT2D eigenvalue weighted by Crippen LogP contribution is 2.34. The Bertz CT molecular complexity index is 386. The normalized spacial score (nSPS) is 19.1. The van der Waals surface area contributed by atoms with Crippen molar-refractivity contribution in [3.63, 3.8) is 0 Å². The Balaban J connectivity index is 1.87. The zero-order valence-electron chi connectivity index (χ0n) is 9.57. The van der Waals surface area contributed by atoms with Crippen LogP contribution in [0, 0.1) is 5.92 Å². The van der Waals surface area contributed by atoms with E-state index in [4.69, 9.17) is 5.84 Å². The number of nitrogens with two attached hydrogens (primary N) is 1. The van der Waals surface area contributed by atoms with Crippen LogP contribution in [0.2, 0.25) is 0 Å². The fraction of sp³-hybridized carbons (Fsp3) is 0.778. The summed E-state index contributed by atoms with van der Waals surface area (Å²) in [4.78, 5) is 1.94. The first kappa shape index (κ1) is 13.5. The molecule has 0 spiro atoms. The maximum Gasteiger partial charge on any atom is 0.391 e. The number of anilines is 1. The van der Waals surface area contributed by atoms with E-state index in [0.717, 1.165) is 11.5 Å². The number of halogens is 3. The average molecular weight is 281 g/mol. The van der Waals surface area contributed by atoms with Gasteiger partial charge in [0.1, 0.15) is 10.7 Å². The first-order valence-corrected chi connectivity index (χ1v) is 6.35. The van der Waals surface area contributed by atoms with Crippen LogP contribution in [-0.2, 0) is 6.54 Å². The van der Waals surface area contributed by atoms with Gasteiger partial charge >= 0.3 is 6.18 Å². The molecule has 9 heteroatoms. The predicted molar refractivity (Wildman–Crippen MR) is 61.8 cm³/mol. The van der Waals surface area contributed by atoms with Gasteiger partial charge in [-0.1, -0.05) is 4.49 Å². The molecule has 0 amide bonds. The maximum absolute atomic E-state index is 12.5. The van der Waals surface area contributed by atoms with E-state index in [1.165, 1.54) is 0 Å². The summed E-state index contributed by atoms with van der Waals surface area (Å²) in [7, 11) is 0. The van der Waals surface area contributed by atoms with Crippen LogP contribution in [0.15, 0.2) is 0 Å². The van der Waals surface area contributed by atoms with Crippen LogP contribution in [-0.4, -0.2) is 33.8 Å². The second kappa shape index (κ2) is 5.37. The molecule has 1 aromatic heterocycles. The minimum absolute atomic E-state index is 0.145. The number of hydrazine groups is 1. The molecule has 2 rings (SSSR count). The lowest BCUT2D eigenvalue weighted by Gasteiger charge is -2.32. The van der Waals surface area contributed by atoms with E-state index >= 15 is 0 Å². The Labute approximate surface area is 106 Å². The van der Waals surface area contributed by atoms with E-state index in [1.807, 2.05) is 4.90 Å². The van der Waals surface area contributed by atoms with Crippen molar-refractivity contribution in [1.82, 2.24) is 14.5 Å². The summed E-state index contributed by atoms with van der Waals surface area (Å²) in [5.74, 6) is 4.12. The monoisotopic (exact) mass is 281 g/mol. The molecule has 0 saturated carbocycles. The number of aromatic nitrogens is 2. The number of nitrogens with zero attached hydrogens (tertiary/aromatic N) is 3. The van der Waals surface area contributed by atoms with Gasteiger partial charge in [0.15, 0.2) is 0 Å². The van der Waals surface area contributed by atoms with E-state index in [9.17, 15) is 13.2 Å². The Kier molecular flexibility index (Phi) is 4.03. The lowest BCUT2D eigenvalue weighted by atomic mass is 9.96. The number of hydrogen-bond acceptors (Lipinski definition) is 6. The quantitative estimate of drug-likeness (QED) is 0.650. The summed E-state index contributed by atoms with van der Waals surface area (Å²) in [6.07, 6.45) is -3.78. The van der Waals surface area contributed by atoms with Crippen molar-refractivity contribution in [2.24, 2.45) is 11.8 Å². The Morgan fingerprint density at radius 2 is 2.06 bits per heavy atom. The predicted octanol–water partition coefficient (Wildman–Crippen LogP) is 1.60. The standard InChI is InChI=1S/C9H14F3N5S/c10-9(11,12)6-1-3-17(4-2-6)5-7-8(14-13)18-16-15-7/h6,14H,1-5,13H2. The Hall–Kier alpha value is -0.930. The van der Waals surface area contributed by atoms with Gasteiger partial charge in [0.05, 0.1) is 5.92 Å². The molecule has 1 aromatic rings. The molecule has 18 heavy (non-hydrogen) atoms. The molecule has 0 bridgehead atoms. The van der Waals surface area contributed by atoms with Crippen LogP contribution in [0.4, 0.5) is 18.2 Å². The molecule has 5 nitrogen and oxygen atoms in total. The molecule has 1 saturated heterocycles. The van der Waals surface area contributed by atoms with Crippen LogP contribution in [0.1, 0.15) is 18.5 Å². The van der Waals surface area contributed by atoms with Gasteiger partial charge in [-0.3, -0.25) is 4.90 Å². The van der Waals surface area contributed by atoms with E-state index in [-0.39, 0.29) is 12.8 Å². The second-order valence-corrected chi connectivity index (χ2v) is 5.04. The molecule has 0 radical (unpaired) electrons. The van der Waals surface area contributed by atoms with E-state index in [1.54, 1.807) is 0 Å². The minimum atomic E-state index is -4.07. The number of nitrogen functional groups attached to an aromatic ring is 1. The highest BCUT2D eigenvalue weighted by molar-refractivity contribution is 7.10. The number of rotatable bonds is 3. The third-order valence-corrected chi connectivity index (χ3v) is 3.81. The smallest absolute Gasteiger partial charge is 0.313 e. The first-order chi connectivity index (χ1) is 8.50. The van der Waals surface area contributed by atoms with E-state index < -0.39 is 12.1 Å². The number of piperidine rings is 1. The van der Waals surface area contributed by atoms with Crippen molar-refractivity contribution in [2.45, 2.75) is 25.6 Å². The summed E-state index contributed by atoms with van der Waals surface area (Å²) in [6, 6.07) is 0. The molecule has 3 N–H and O–H groups in total. The SMILES string of the molecule is NNc1snnc1CN1CCC(C(F)(F)F)CC1. The molecule has 0 atom stereocenters. The molecule has 2 heterocycles. The van der Waals surface area contributed by atoms with Crippen LogP contribution in [0.5, 0.6) is 0 Å². The van der Waals surface area contributed by atoms with Gasteiger partial charge in [0, 0.05) is 18.1 Å². The summed E-state index contributed by atoms with van der Waals surface area (Å²) in [5, 5.41) is 4.57. The highest BCUT2D eigenvalue weighted by atomic mass is 32.1. The molecular weight excluding hydrogens is 267 g/mol. The molecule has 1 aliphatic heterocycles. The third kappa shape index (κ3) is 3.09. The number of hydrogen-bond donors (Lipinski definition) is 2. The van der Waals surface area contributed by atoms with Crippen molar-refractivity contribution in [3.05, 3.63) is 5.69 Å². The number of alkyl halides is 3. The molecule has 0 aliphatic carbocycles. The van der Waals surface area contributed by atoms with Gasteiger partial charge in [-0.05, 0) is 25.9 Å². The fourth-order valence-electron chi connectivity index (χ4n) is 2.05. The maximum atomic E-state index is 12.5. The van der Waals surface area contributed by atoms with E-state index in [2.05, 4.69) is 15.0 Å². The van der Waals surface area contributed by atoms with Gasteiger partial charge in [-0.25, -0.2) is 5.84 Å². The Morgan fingerprint density at radius 1 is 1.39 bits per heavy atom. The fourth-order valence-corrected chi connectivity index (χ4v) is 2.54. The summed E-state index contributed by atoms with van der Waals surface area (Å²) < 4.78 is 41.3. The molecule has 1 fully saturated rings. The zero-order valence-corrected chi connectivity index (χ0v) is 10.4. The first-order valence-electron chi connectivity index (χ1n) is 5.57. The van der Waals surface area contributed by atoms with Gasteiger partial charge in [-0.2, -0.15) is 13.2 Å². The van der Waals surface area contributed by atoms with Crippen molar-refractivity contribution < 1.29 is 13.2 Å². The zero-order chi connectivity index (χ0) is 13.2. The van der Waals surface area contributed by atoms with E-state index in [0.29, 0.717) is 30.3 Å². The molecular formula is C9H14F3N5S. The highest BCUT2D eigenvalue weighted by Gasteiger charge is 2.41. The van der Waals surface area contributed by atoms with Crippen molar-refractivity contribution in [3.8, 4) is 0 Å². The van der Waals surface area contributed by atoms with Crippen LogP contribution in [0.25, 0.3) is 0 Å². The second-order valence-electron chi connectivity index (χ2n) is 4.29. The molecule has 0 unspecified atom stereocenters. The number of likely N-dealkylation sites (tertiary alicyclic amines) is 1.